The van der Waals surface area contributed by atoms with E-state index in [1.807, 2.05) is 12.1 Å². The van der Waals surface area contributed by atoms with E-state index >= 15 is 0 Å². The summed E-state index contributed by atoms with van der Waals surface area (Å²) in [6.45, 7) is 4.25. The van der Waals surface area contributed by atoms with Crippen LogP contribution < -0.4 is 0 Å². The number of benzene rings is 5. The standard InChI is InChI=1S/C32H24N2OS/c1-21-11-15-23(16-12-21)33-25-7-3-5-9-29(25)35-30-20-32-28(19-27(30)33)34(24-17-13-22(2)14-18-24)26-8-4-6-10-31(26)36-32/h3-20H,1-2H3. The number of rotatable bonds is 2. The highest BCUT2D eigenvalue weighted by atomic mass is 32.1. The van der Waals surface area contributed by atoms with Gasteiger partial charge in [0.05, 0.1) is 31.5 Å². The Morgan fingerprint density at radius 2 is 1.08 bits per heavy atom. The van der Waals surface area contributed by atoms with Crippen molar-refractivity contribution in [1.82, 2.24) is 9.13 Å². The Labute approximate surface area is 212 Å². The van der Waals surface area contributed by atoms with Gasteiger partial charge >= 0.3 is 0 Å². The first-order chi connectivity index (χ1) is 17.7. The first kappa shape index (κ1) is 21.0. The van der Waals surface area contributed by atoms with Crippen molar-refractivity contribution in [2.75, 3.05) is 0 Å². The van der Waals surface area contributed by atoms with Crippen molar-refractivity contribution in [1.29, 1.82) is 0 Å². The summed E-state index contributed by atoms with van der Waals surface area (Å²) < 4.78 is 13.6. The summed E-state index contributed by atoms with van der Waals surface area (Å²) in [6, 6.07) is 38.8. The van der Waals surface area contributed by atoms with Gasteiger partial charge in [-0.3, -0.25) is 0 Å². The van der Waals surface area contributed by atoms with Crippen LogP contribution in [0, 0.1) is 13.8 Å². The molecule has 2 aromatic heterocycles. The predicted molar refractivity (Wildman–Crippen MR) is 152 cm³/mol. The van der Waals surface area contributed by atoms with E-state index < -0.39 is 0 Å². The molecular formula is C32H24N2OS. The highest BCUT2D eigenvalue weighted by Gasteiger charge is 2.15. The highest BCUT2D eigenvalue weighted by Crippen LogP contribution is 2.36. The normalized spacial score (nSPS) is 11.6. The van der Waals surface area contributed by atoms with Crippen molar-refractivity contribution in [2.24, 2.45) is 0 Å². The molecule has 0 radical (unpaired) electrons. The van der Waals surface area contributed by atoms with Crippen LogP contribution in [0.3, 0.4) is 0 Å². The van der Waals surface area contributed by atoms with Crippen molar-refractivity contribution >= 4 is 54.0 Å². The predicted octanol–water partition coefficient (Wildman–Crippen LogP) is 9.28. The third-order valence-corrected chi connectivity index (χ3v) is 7.87. The van der Waals surface area contributed by atoms with Crippen LogP contribution in [0.15, 0.2) is 114 Å². The molecule has 0 aliphatic carbocycles. The molecule has 5 aromatic carbocycles. The number of nitrogens with zero attached hydrogens (tertiary/aromatic N) is 2. The summed E-state index contributed by atoms with van der Waals surface area (Å²) in [5, 5.41) is 0. The molecule has 0 aliphatic heterocycles. The van der Waals surface area contributed by atoms with Crippen molar-refractivity contribution in [3.63, 3.8) is 0 Å². The molecule has 3 nitrogen and oxygen atoms in total. The zero-order chi connectivity index (χ0) is 24.2. The third-order valence-electron chi connectivity index (χ3n) is 6.76. The van der Waals surface area contributed by atoms with Gasteiger partial charge in [0.2, 0.25) is 0 Å². The smallest absolute Gasteiger partial charge is 0.153 e. The van der Waals surface area contributed by atoms with Crippen LogP contribution in [0.5, 0.6) is 0 Å². The maximum absolute atomic E-state index is 6.49. The largest absolute Gasteiger partial charge is 0.453 e. The first-order valence-corrected chi connectivity index (χ1v) is 12.9. The molecule has 0 aliphatic rings. The van der Waals surface area contributed by atoms with Gasteiger partial charge in [0.25, 0.3) is 0 Å². The number of hydrogen-bond acceptors (Lipinski definition) is 2. The Hall–Kier alpha value is -4.28. The molecule has 0 N–H and O–H groups in total. The Kier molecular flexibility index (Phi) is 4.76. The lowest BCUT2D eigenvalue weighted by Gasteiger charge is -2.19. The maximum atomic E-state index is 6.49. The van der Waals surface area contributed by atoms with Gasteiger partial charge in [-0.15, -0.1) is 11.3 Å². The number of aromatic nitrogens is 2. The molecule has 0 fully saturated rings. The Balaban J connectivity index is 1.67. The van der Waals surface area contributed by atoms with Crippen LogP contribution >= 0.6 is 11.3 Å². The summed E-state index contributed by atoms with van der Waals surface area (Å²) >= 11 is 1.80. The van der Waals surface area contributed by atoms with Gasteiger partial charge in [0.1, 0.15) is 0 Å². The van der Waals surface area contributed by atoms with E-state index in [4.69, 9.17) is 4.42 Å². The van der Waals surface area contributed by atoms with Crippen molar-refractivity contribution in [2.45, 2.75) is 13.8 Å². The highest BCUT2D eigenvalue weighted by molar-refractivity contribution is 7.24. The molecule has 0 amide bonds. The van der Waals surface area contributed by atoms with Crippen molar-refractivity contribution < 1.29 is 4.42 Å². The van der Waals surface area contributed by atoms with Crippen LogP contribution in [0.25, 0.3) is 54.0 Å². The lowest BCUT2D eigenvalue weighted by atomic mass is 10.2. The second-order valence-electron chi connectivity index (χ2n) is 9.27. The molecule has 36 heavy (non-hydrogen) atoms. The number of hydrogen-bond donors (Lipinski definition) is 0. The van der Waals surface area contributed by atoms with Crippen LogP contribution in [-0.4, -0.2) is 9.13 Å². The summed E-state index contributed by atoms with van der Waals surface area (Å²) in [5.74, 6) is 0. The zero-order valence-corrected chi connectivity index (χ0v) is 20.9. The van der Waals surface area contributed by atoms with Crippen molar-refractivity contribution in [3.8, 4) is 11.4 Å². The van der Waals surface area contributed by atoms with Crippen LogP contribution in [0.2, 0.25) is 0 Å². The van der Waals surface area contributed by atoms with E-state index in [0.29, 0.717) is 0 Å². The van der Waals surface area contributed by atoms with E-state index in [1.54, 1.807) is 11.3 Å². The SMILES string of the molecule is Cc1ccc(-n2c3ccccc3oc3cc4sc5ccccc5n(-c5ccc(C)cc5)c4cc32)cc1. The third kappa shape index (κ3) is 3.34. The quantitative estimate of drug-likeness (QED) is 0.224. The Morgan fingerprint density at radius 3 is 1.78 bits per heavy atom. The summed E-state index contributed by atoms with van der Waals surface area (Å²) in [4.78, 5) is 0. The van der Waals surface area contributed by atoms with Gasteiger partial charge in [-0.25, -0.2) is 0 Å². The van der Waals surface area contributed by atoms with Gasteiger partial charge in [0, 0.05) is 17.4 Å². The molecule has 7 rings (SSSR count). The maximum Gasteiger partial charge on any atom is 0.153 e. The number of aryl methyl sites for hydroxylation is 2. The Bertz CT molecular complexity index is 1810. The molecule has 2 heterocycles. The van der Waals surface area contributed by atoms with E-state index in [9.17, 15) is 0 Å². The average molecular weight is 485 g/mol. The molecule has 0 bridgehead atoms. The molecule has 0 spiro atoms. The molecular weight excluding hydrogens is 460 g/mol. The average Bonchev–Trinajstić information content (AvgIpc) is 2.91. The second kappa shape index (κ2) is 8.14. The van der Waals surface area contributed by atoms with Gasteiger partial charge in [-0.1, -0.05) is 59.7 Å². The minimum Gasteiger partial charge on any atom is -0.453 e. The van der Waals surface area contributed by atoms with Gasteiger partial charge in [-0.2, -0.15) is 0 Å². The monoisotopic (exact) mass is 484 g/mol. The van der Waals surface area contributed by atoms with Crippen LogP contribution in [0.4, 0.5) is 0 Å². The summed E-state index contributed by atoms with van der Waals surface area (Å²) in [7, 11) is 0. The Morgan fingerprint density at radius 1 is 0.500 bits per heavy atom. The van der Waals surface area contributed by atoms with E-state index in [-0.39, 0.29) is 0 Å². The van der Waals surface area contributed by atoms with Gasteiger partial charge < -0.3 is 13.6 Å². The molecule has 0 saturated heterocycles. The minimum absolute atomic E-state index is 0.863. The second-order valence-corrected chi connectivity index (χ2v) is 10.4. The number of fused-ring (bicyclic) bond motifs is 4. The fraction of sp³-hybridized carbons (Fsp3) is 0.0625. The molecule has 174 valence electrons. The molecule has 0 saturated carbocycles. The summed E-state index contributed by atoms with van der Waals surface area (Å²) in [5.41, 5.74) is 10.9. The lowest BCUT2D eigenvalue weighted by molar-refractivity contribution is 0.654. The van der Waals surface area contributed by atoms with Gasteiger partial charge in [-0.05, 0) is 68.4 Å². The fourth-order valence-corrected chi connectivity index (χ4v) is 6.02. The van der Waals surface area contributed by atoms with E-state index in [0.717, 1.165) is 39.1 Å². The van der Waals surface area contributed by atoms with Gasteiger partial charge in [0.15, 0.2) is 11.2 Å². The minimum atomic E-state index is 0.863. The molecule has 0 unspecified atom stereocenters. The number of para-hydroxylation sites is 3. The van der Waals surface area contributed by atoms with Crippen LogP contribution in [0.1, 0.15) is 11.1 Å². The van der Waals surface area contributed by atoms with Crippen LogP contribution in [-0.2, 0) is 0 Å². The summed E-state index contributed by atoms with van der Waals surface area (Å²) in [6.07, 6.45) is 0. The molecule has 0 atom stereocenters. The first-order valence-electron chi connectivity index (χ1n) is 12.1. The van der Waals surface area contributed by atoms with E-state index in [1.165, 1.54) is 26.0 Å². The topological polar surface area (TPSA) is 23.0 Å². The fourth-order valence-electron chi connectivity index (χ4n) is 4.95. The molecule has 4 heteroatoms. The van der Waals surface area contributed by atoms with Crippen molar-refractivity contribution in [3.05, 3.63) is 120 Å². The lowest BCUT2D eigenvalue weighted by Crippen LogP contribution is -2.03. The zero-order valence-electron chi connectivity index (χ0n) is 20.1. The van der Waals surface area contributed by atoms with E-state index in [2.05, 4.69) is 120 Å². The molecule has 7 aromatic rings.